The second-order valence-electron chi connectivity index (χ2n) is 3.50. The Hall–Kier alpha value is -0.730. The number of rotatable bonds is 1. The molecule has 0 radical (unpaired) electrons. The Morgan fingerprint density at radius 3 is 2.47 bits per heavy atom. The van der Waals surface area contributed by atoms with E-state index < -0.39 is 0 Å². The van der Waals surface area contributed by atoms with Gasteiger partial charge in [-0.05, 0) is 30.2 Å². The molecule has 76 valence electrons. The number of hydrogen-bond acceptors (Lipinski definition) is 1. The molecule has 0 amide bonds. The Kier molecular flexibility index (Phi) is 3.17. The molecule has 15 heavy (non-hydrogen) atoms. The minimum atomic E-state index is 1.00. The van der Waals surface area contributed by atoms with Gasteiger partial charge < -0.3 is 0 Å². The van der Waals surface area contributed by atoms with Gasteiger partial charge in [0.05, 0.1) is 0 Å². The molecular weight excluding hydrogens is 268 g/mol. The van der Waals surface area contributed by atoms with Crippen LogP contribution in [0.25, 0.3) is 11.1 Å². The highest BCUT2D eigenvalue weighted by molar-refractivity contribution is 9.10. The summed E-state index contributed by atoms with van der Waals surface area (Å²) in [5, 5.41) is 0. The number of thiol groups is 1. The normalized spacial score (nSPS) is 10.3. The van der Waals surface area contributed by atoms with Crippen molar-refractivity contribution >= 4 is 28.6 Å². The quantitative estimate of drug-likeness (QED) is 0.718. The zero-order chi connectivity index (χ0) is 10.8. The molecule has 0 atom stereocenters. The monoisotopic (exact) mass is 278 g/mol. The highest BCUT2D eigenvalue weighted by Crippen LogP contribution is 2.32. The summed E-state index contributed by atoms with van der Waals surface area (Å²) in [5.41, 5.74) is 3.61. The molecule has 2 aromatic rings. The molecule has 0 unspecified atom stereocenters. The van der Waals surface area contributed by atoms with Crippen LogP contribution in [0.5, 0.6) is 0 Å². The summed E-state index contributed by atoms with van der Waals surface area (Å²) in [7, 11) is 0. The van der Waals surface area contributed by atoms with Gasteiger partial charge in [-0.15, -0.1) is 12.6 Å². The van der Waals surface area contributed by atoms with Crippen molar-refractivity contribution in [3.8, 4) is 11.1 Å². The van der Waals surface area contributed by atoms with Crippen molar-refractivity contribution in [3.05, 3.63) is 52.5 Å². The average molecular weight is 279 g/mol. The lowest BCUT2D eigenvalue weighted by Gasteiger charge is -2.08. The van der Waals surface area contributed by atoms with E-state index in [-0.39, 0.29) is 0 Å². The van der Waals surface area contributed by atoms with Crippen LogP contribution in [-0.4, -0.2) is 0 Å². The fourth-order valence-electron chi connectivity index (χ4n) is 1.55. The minimum Gasteiger partial charge on any atom is -0.143 e. The first-order chi connectivity index (χ1) is 7.18. The van der Waals surface area contributed by atoms with Crippen LogP contribution in [0.3, 0.4) is 0 Å². The Morgan fingerprint density at radius 1 is 1.00 bits per heavy atom. The molecule has 0 aliphatic heterocycles. The zero-order valence-electron chi connectivity index (χ0n) is 8.37. The van der Waals surface area contributed by atoms with Gasteiger partial charge in [0.15, 0.2) is 0 Å². The molecule has 0 N–H and O–H groups in total. The summed E-state index contributed by atoms with van der Waals surface area (Å²) < 4.78 is 1.11. The van der Waals surface area contributed by atoms with Gasteiger partial charge >= 0.3 is 0 Å². The van der Waals surface area contributed by atoms with Crippen molar-refractivity contribution in [1.82, 2.24) is 0 Å². The molecule has 0 spiro atoms. The van der Waals surface area contributed by atoms with Gasteiger partial charge in [0.2, 0.25) is 0 Å². The summed E-state index contributed by atoms with van der Waals surface area (Å²) >= 11 is 8.04. The van der Waals surface area contributed by atoms with Crippen LogP contribution < -0.4 is 0 Å². The smallest absolute Gasteiger partial charge is 0.0254 e. The van der Waals surface area contributed by atoms with Crippen LogP contribution in [0, 0.1) is 6.92 Å². The summed E-state index contributed by atoms with van der Waals surface area (Å²) in [6.45, 7) is 2.09. The maximum absolute atomic E-state index is 4.47. The fraction of sp³-hybridized carbons (Fsp3) is 0.0769. The number of hydrogen-bond donors (Lipinski definition) is 1. The topological polar surface area (TPSA) is 0 Å². The van der Waals surface area contributed by atoms with Crippen molar-refractivity contribution in [2.45, 2.75) is 11.8 Å². The molecule has 0 saturated carbocycles. The molecule has 2 heteroatoms. The van der Waals surface area contributed by atoms with Gasteiger partial charge in [0.25, 0.3) is 0 Å². The predicted molar refractivity (Wildman–Crippen MR) is 71.6 cm³/mol. The molecule has 0 bridgehead atoms. The Labute approximate surface area is 104 Å². The van der Waals surface area contributed by atoms with Crippen molar-refractivity contribution in [3.63, 3.8) is 0 Å². The van der Waals surface area contributed by atoms with E-state index in [0.717, 1.165) is 14.9 Å². The van der Waals surface area contributed by atoms with Gasteiger partial charge in [0, 0.05) is 9.37 Å². The lowest BCUT2D eigenvalue weighted by atomic mass is 10.0. The molecule has 0 aliphatic carbocycles. The SMILES string of the molecule is Cc1ccc(Br)c(-c2ccccc2S)c1. The van der Waals surface area contributed by atoms with Crippen LogP contribution in [0.2, 0.25) is 0 Å². The van der Waals surface area contributed by atoms with E-state index in [9.17, 15) is 0 Å². The molecule has 2 rings (SSSR count). The lowest BCUT2D eigenvalue weighted by Crippen LogP contribution is -1.83. The van der Waals surface area contributed by atoms with E-state index in [2.05, 4.69) is 59.7 Å². The van der Waals surface area contributed by atoms with Crippen LogP contribution >= 0.6 is 28.6 Å². The van der Waals surface area contributed by atoms with Crippen LogP contribution in [-0.2, 0) is 0 Å². The van der Waals surface area contributed by atoms with Crippen molar-refractivity contribution in [1.29, 1.82) is 0 Å². The fourth-order valence-corrected chi connectivity index (χ4v) is 2.29. The summed E-state index contributed by atoms with van der Waals surface area (Å²) in [6, 6.07) is 14.5. The summed E-state index contributed by atoms with van der Waals surface area (Å²) in [6.07, 6.45) is 0. The third kappa shape index (κ3) is 2.27. The standard InChI is InChI=1S/C13H11BrS/c1-9-6-7-12(14)11(8-9)10-4-2-3-5-13(10)15/h2-8,15H,1H3. The van der Waals surface area contributed by atoms with Gasteiger partial charge in [-0.2, -0.15) is 0 Å². The molecule has 0 aliphatic rings. The van der Waals surface area contributed by atoms with Crippen molar-refractivity contribution < 1.29 is 0 Å². The highest BCUT2D eigenvalue weighted by Gasteiger charge is 2.05. The first-order valence-electron chi connectivity index (χ1n) is 4.73. The highest BCUT2D eigenvalue weighted by atomic mass is 79.9. The molecule has 2 aromatic carbocycles. The molecule has 0 aromatic heterocycles. The number of aryl methyl sites for hydroxylation is 1. The van der Waals surface area contributed by atoms with Gasteiger partial charge in [-0.3, -0.25) is 0 Å². The van der Waals surface area contributed by atoms with Crippen LogP contribution in [0.4, 0.5) is 0 Å². The molecule has 0 saturated heterocycles. The van der Waals surface area contributed by atoms with Crippen LogP contribution in [0.15, 0.2) is 51.8 Å². The molecule has 0 nitrogen and oxygen atoms in total. The predicted octanol–water partition coefficient (Wildman–Crippen LogP) is 4.71. The molecule has 0 fully saturated rings. The van der Waals surface area contributed by atoms with E-state index in [1.807, 2.05) is 18.2 Å². The second-order valence-corrected chi connectivity index (χ2v) is 4.84. The maximum atomic E-state index is 4.47. The van der Waals surface area contributed by atoms with E-state index in [1.54, 1.807) is 0 Å². The van der Waals surface area contributed by atoms with Gasteiger partial charge in [0.1, 0.15) is 0 Å². The van der Waals surface area contributed by atoms with Crippen molar-refractivity contribution in [2.75, 3.05) is 0 Å². The van der Waals surface area contributed by atoms with E-state index in [4.69, 9.17) is 0 Å². The van der Waals surface area contributed by atoms with Crippen LogP contribution in [0.1, 0.15) is 5.56 Å². The summed E-state index contributed by atoms with van der Waals surface area (Å²) in [4.78, 5) is 1.00. The third-order valence-corrected chi connectivity index (χ3v) is 3.40. The zero-order valence-corrected chi connectivity index (χ0v) is 10.8. The van der Waals surface area contributed by atoms with E-state index in [0.29, 0.717) is 0 Å². The van der Waals surface area contributed by atoms with Gasteiger partial charge in [-0.1, -0.05) is 51.8 Å². The molecule has 0 heterocycles. The largest absolute Gasteiger partial charge is 0.143 e. The lowest BCUT2D eigenvalue weighted by molar-refractivity contribution is 1.40. The first-order valence-corrected chi connectivity index (χ1v) is 5.97. The van der Waals surface area contributed by atoms with E-state index in [1.165, 1.54) is 11.1 Å². The maximum Gasteiger partial charge on any atom is 0.0254 e. The van der Waals surface area contributed by atoms with Gasteiger partial charge in [-0.25, -0.2) is 0 Å². The Bertz CT molecular complexity index is 492. The average Bonchev–Trinajstić information content (AvgIpc) is 2.23. The number of benzene rings is 2. The second kappa shape index (κ2) is 4.42. The van der Waals surface area contributed by atoms with Crippen molar-refractivity contribution in [2.24, 2.45) is 0 Å². The Balaban J connectivity index is 2.64. The summed E-state index contributed by atoms with van der Waals surface area (Å²) in [5.74, 6) is 0. The number of halogens is 1. The third-order valence-electron chi connectivity index (χ3n) is 2.32. The minimum absolute atomic E-state index is 1.00. The Morgan fingerprint density at radius 2 is 1.73 bits per heavy atom. The van der Waals surface area contributed by atoms with E-state index >= 15 is 0 Å². The molecular formula is C13H11BrS. The first kappa shape index (κ1) is 10.8.